The molecular weight excluding hydrogens is 380 g/mol. The average Bonchev–Trinajstić information content (AvgIpc) is 3.22. The number of carbonyl (C=O) groups is 2. The van der Waals surface area contributed by atoms with Crippen molar-refractivity contribution in [1.29, 1.82) is 0 Å². The first kappa shape index (κ1) is 20.3. The van der Waals surface area contributed by atoms with Crippen molar-refractivity contribution in [2.75, 3.05) is 29.6 Å². The highest BCUT2D eigenvalue weighted by Gasteiger charge is 2.38. The highest BCUT2D eigenvalue weighted by Crippen LogP contribution is 2.41. The summed E-state index contributed by atoms with van der Waals surface area (Å²) in [6, 6.07) is 9.55. The Balaban J connectivity index is 1.82. The molecule has 2 aliphatic heterocycles. The molecule has 0 fully saturated rings. The van der Waals surface area contributed by atoms with E-state index in [9.17, 15) is 9.59 Å². The van der Waals surface area contributed by atoms with E-state index in [1.807, 2.05) is 51.1 Å². The first-order valence-electron chi connectivity index (χ1n) is 10.6. The molecule has 2 heterocycles. The van der Waals surface area contributed by atoms with Gasteiger partial charge in [0.05, 0.1) is 36.2 Å². The molecule has 0 radical (unpaired) electrons. The van der Waals surface area contributed by atoms with E-state index < -0.39 is 0 Å². The van der Waals surface area contributed by atoms with Crippen molar-refractivity contribution in [3.8, 4) is 5.75 Å². The molecular formula is C24H28N2O4. The topological polar surface area (TPSA) is 59.1 Å². The predicted octanol–water partition coefficient (Wildman–Crippen LogP) is 4.64. The van der Waals surface area contributed by atoms with Gasteiger partial charge in [-0.05, 0) is 62.1 Å². The van der Waals surface area contributed by atoms with Crippen molar-refractivity contribution in [1.82, 2.24) is 0 Å². The summed E-state index contributed by atoms with van der Waals surface area (Å²) in [6.07, 6.45) is 1.16. The monoisotopic (exact) mass is 408 g/mol. The number of amides is 2. The van der Waals surface area contributed by atoms with Crippen molar-refractivity contribution in [3.05, 3.63) is 52.6 Å². The van der Waals surface area contributed by atoms with Gasteiger partial charge >= 0.3 is 6.09 Å². The van der Waals surface area contributed by atoms with E-state index in [0.29, 0.717) is 37.5 Å². The molecule has 0 bridgehead atoms. The lowest BCUT2D eigenvalue weighted by Gasteiger charge is -2.42. The van der Waals surface area contributed by atoms with Crippen LogP contribution in [0.4, 0.5) is 16.2 Å². The number of nitrogens with zero attached hydrogens (tertiary/aromatic N) is 2. The molecule has 0 aromatic heterocycles. The van der Waals surface area contributed by atoms with Crippen molar-refractivity contribution in [2.45, 2.75) is 46.6 Å². The summed E-state index contributed by atoms with van der Waals surface area (Å²) in [6.45, 7) is 9.17. The zero-order valence-corrected chi connectivity index (χ0v) is 18.0. The van der Waals surface area contributed by atoms with Crippen LogP contribution >= 0.6 is 0 Å². The highest BCUT2D eigenvalue weighted by atomic mass is 16.6. The molecule has 6 nitrogen and oxygen atoms in total. The van der Waals surface area contributed by atoms with Gasteiger partial charge in [0.1, 0.15) is 5.75 Å². The Morgan fingerprint density at radius 1 is 1.13 bits per heavy atom. The van der Waals surface area contributed by atoms with Gasteiger partial charge in [0, 0.05) is 13.0 Å². The van der Waals surface area contributed by atoms with Crippen molar-refractivity contribution >= 4 is 23.4 Å². The van der Waals surface area contributed by atoms with Gasteiger partial charge in [-0.3, -0.25) is 9.69 Å². The Morgan fingerprint density at radius 2 is 1.87 bits per heavy atom. The van der Waals surface area contributed by atoms with Gasteiger partial charge < -0.3 is 14.4 Å². The van der Waals surface area contributed by atoms with Crippen LogP contribution in [0.3, 0.4) is 0 Å². The van der Waals surface area contributed by atoms with Crippen molar-refractivity contribution in [2.24, 2.45) is 0 Å². The Labute approximate surface area is 177 Å². The Morgan fingerprint density at radius 3 is 2.57 bits per heavy atom. The summed E-state index contributed by atoms with van der Waals surface area (Å²) in [7, 11) is 0. The molecule has 0 saturated carbocycles. The van der Waals surface area contributed by atoms with E-state index in [1.54, 1.807) is 16.7 Å². The number of fused-ring (bicyclic) bond motifs is 2. The average molecular weight is 408 g/mol. The first-order chi connectivity index (χ1) is 14.5. The Bertz CT molecular complexity index is 1000. The zero-order chi connectivity index (χ0) is 21.4. The minimum Gasteiger partial charge on any atom is -0.492 e. The second-order valence-electron chi connectivity index (χ2n) is 7.86. The molecule has 4 rings (SSSR count). The second-order valence-corrected chi connectivity index (χ2v) is 7.86. The molecule has 6 heteroatoms. The number of benzene rings is 2. The number of anilines is 2. The summed E-state index contributed by atoms with van der Waals surface area (Å²) in [4.78, 5) is 30.0. The maximum atomic E-state index is 13.7. The first-order valence-corrected chi connectivity index (χ1v) is 10.6. The second kappa shape index (κ2) is 8.01. The summed E-state index contributed by atoms with van der Waals surface area (Å²) in [5.74, 6) is 0.592. The van der Waals surface area contributed by atoms with E-state index in [1.165, 1.54) is 0 Å². The molecule has 0 aliphatic carbocycles. The summed E-state index contributed by atoms with van der Waals surface area (Å²) >= 11 is 0. The van der Waals surface area contributed by atoms with Crippen LogP contribution in [-0.2, 0) is 11.2 Å². The van der Waals surface area contributed by atoms with E-state index in [-0.39, 0.29) is 18.0 Å². The summed E-state index contributed by atoms with van der Waals surface area (Å²) in [5, 5.41) is 0. The van der Waals surface area contributed by atoms with Crippen LogP contribution in [0.2, 0.25) is 0 Å². The Kier molecular flexibility index (Phi) is 5.41. The molecule has 1 atom stereocenters. The molecule has 2 amide bonds. The van der Waals surface area contributed by atoms with Crippen LogP contribution in [0.5, 0.6) is 5.75 Å². The van der Waals surface area contributed by atoms with Crippen LogP contribution in [0.15, 0.2) is 30.3 Å². The van der Waals surface area contributed by atoms with Crippen LogP contribution in [0, 0.1) is 13.8 Å². The number of para-hydroxylation sites is 1. The van der Waals surface area contributed by atoms with Gasteiger partial charge in [0.15, 0.2) is 0 Å². The minimum absolute atomic E-state index is 0.0970. The maximum Gasteiger partial charge on any atom is 0.414 e. The number of hydrogen-bond donors (Lipinski definition) is 0. The number of aryl methyl sites for hydroxylation is 2. The standard InChI is InChI=1S/C24H28N2O4/c1-5-18-14-25(23(27)19-9-7-8-17-10-11-30-22(17)19)20-12-15(3)16(4)13-21(20)26(18)24(28)29-6-2/h7-9,12-13,18H,5-6,10-11,14H2,1-4H3. The number of ether oxygens (including phenoxy) is 2. The van der Waals surface area contributed by atoms with Gasteiger partial charge in [-0.15, -0.1) is 0 Å². The number of carbonyl (C=O) groups excluding carboxylic acids is 2. The minimum atomic E-state index is -0.370. The largest absolute Gasteiger partial charge is 0.492 e. The molecule has 0 spiro atoms. The van der Waals surface area contributed by atoms with Crippen LogP contribution in [0.1, 0.15) is 47.3 Å². The van der Waals surface area contributed by atoms with Gasteiger partial charge in [0.2, 0.25) is 0 Å². The summed E-state index contributed by atoms with van der Waals surface area (Å²) in [5.41, 5.74) is 5.23. The van der Waals surface area contributed by atoms with Gasteiger partial charge in [-0.25, -0.2) is 4.79 Å². The van der Waals surface area contributed by atoms with Gasteiger partial charge in [0.25, 0.3) is 5.91 Å². The molecule has 158 valence electrons. The molecule has 1 unspecified atom stereocenters. The molecule has 2 aromatic rings. The molecule has 0 N–H and O–H groups in total. The van der Waals surface area contributed by atoms with E-state index >= 15 is 0 Å². The summed E-state index contributed by atoms with van der Waals surface area (Å²) < 4.78 is 11.1. The van der Waals surface area contributed by atoms with Crippen LogP contribution < -0.4 is 14.5 Å². The van der Waals surface area contributed by atoms with E-state index in [4.69, 9.17) is 9.47 Å². The van der Waals surface area contributed by atoms with Crippen LogP contribution in [0.25, 0.3) is 0 Å². The normalized spacial score (nSPS) is 17.3. The number of hydrogen-bond acceptors (Lipinski definition) is 4. The fraction of sp³-hybridized carbons (Fsp3) is 0.417. The fourth-order valence-corrected chi connectivity index (χ4v) is 4.26. The maximum absolute atomic E-state index is 13.7. The SMILES string of the molecule is CCOC(=O)N1c2cc(C)c(C)cc2N(C(=O)c2cccc3c2OCC3)CC1CC. The Hall–Kier alpha value is -3.02. The zero-order valence-electron chi connectivity index (χ0n) is 18.0. The van der Waals surface area contributed by atoms with Crippen LogP contribution in [-0.4, -0.2) is 37.8 Å². The number of rotatable bonds is 3. The quantitative estimate of drug-likeness (QED) is 0.742. The molecule has 0 saturated heterocycles. The third kappa shape index (κ3) is 3.30. The lowest BCUT2D eigenvalue weighted by Crippen LogP contribution is -2.53. The highest BCUT2D eigenvalue weighted by molar-refractivity contribution is 6.12. The lowest BCUT2D eigenvalue weighted by atomic mass is 9.99. The lowest BCUT2D eigenvalue weighted by molar-refractivity contribution is 0.0978. The predicted molar refractivity (Wildman–Crippen MR) is 117 cm³/mol. The van der Waals surface area contributed by atoms with E-state index in [0.717, 1.165) is 34.5 Å². The third-order valence-corrected chi connectivity index (χ3v) is 6.03. The third-order valence-electron chi connectivity index (χ3n) is 6.03. The fourth-order valence-electron chi connectivity index (χ4n) is 4.26. The molecule has 30 heavy (non-hydrogen) atoms. The van der Waals surface area contributed by atoms with Crippen molar-refractivity contribution < 1.29 is 19.1 Å². The molecule has 2 aliphatic rings. The van der Waals surface area contributed by atoms with Gasteiger partial charge in [-0.2, -0.15) is 0 Å². The van der Waals surface area contributed by atoms with E-state index in [2.05, 4.69) is 0 Å². The van der Waals surface area contributed by atoms with Gasteiger partial charge in [-0.1, -0.05) is 19.1 Å². The molecule has 2 aromatic carbocycles. The smallest absolute Gasteiger partial charge is 0.414 e. The van der Waals surface area contributed by atoms with Crippen molar-refractivity contribution in [3.63, 3.8) is 0 Å².